The lowest BCUT2D eigenvalue weighted by Gasteiger charge is -2.09. The smallest absolute Gasteiger partial charge is 0.265 e. The summed E-state index contributed by atoms with van der Waals surface area (Å²) in [6.07, 6.45) is 5.55. The van der Waals surface area contributed by atoms with E-state index in [1.165, 1.54) is 11.3 Å². The molecule has 5 nitrogen and oxygen atoms in total. The van der Waals surface area contributed by atoms with Crippen LogP contribution in [0.2, 0.25) is 0 Å². The molecule has 0 aliphatic carbocycles. The van der Waals surface area contributed by atoms with Crippen LogP contribution in [-0.2, 0) is 0 Å². The summed E-state index contributed by atoms with van der Waals surface area (Å²) in [5, 5.41) is 4.87. The fourth-order valence-electron chi connectivity index (χ4n) is 2.50. The van der Waals surface area contributed by atoms with Gasteiger partial charge in [-0.3, -0.25) is 9.20 Å². The summed E-state index contributed by atoms with van der Waals surface area (Å²) in [5.74, 6) is 0.528. The van der Waals surface area contributed by atoms with Crippen molar-refractivity contribution in [2.24, 2.45) is 0 Å². The number of nitrogens with zero attached hydrogens (tertiary/aromatic N) is 3. The van der Waals surface area contributed by atoms with Gasteiger partial charge in [0.05, 0.1) is 10.6 Å². The fraction of sp³-hybridized carbons (Fsp3) is 0.0556. The van der Waals surface area contributed by atoms with E-state index in [-0.39, 0.29) is 5.91 Å². The Balaban J connectivity index is 1.67. The van der Waals surface area contributed by atoms with Crippen LogP contribution in [0.1, 0.15) is 15.2 Å². The van der Waals surface area contributed by atoms with Crippen molar-refractivity contribution in [1.29, 1.82) is 0 Å². The number of amides is 1. The molecule has 1 amide bonds. The number of imidazole rings is 1. The van der Waals surface area contributed by atoms with E-state index in [0.29, 0.717) is 10.7 Å². The second-order valence-corrected chi connectivity index (χ2v) is 7.39. The highest BCUT2D eigenvalue weighted by Gasteiger charge is 2.12. The standard InChI is InChI=1S/C18H13BrN4OS/c1-11-3-4-12(15-9-23-6-2-5-20-18(23)22-15)7-14(11)21-17(24)16-8-13(19)10-25-16/h2-10H,1H3,(H,21,24). The van der Waals surface area contributed by atoms with Crippen LogP contribution in [0.3, 0.4) is 0 Å². The van der Waals surface area contributed by atoms with Gasteiger partial charge in [-0.25, -0.2) is 9.97 Å². The maximum atomic E-state index is 12.4. The van der Waals surface area contributed by atoms with Crippen LogP contribution in [0.15, 0.2) is 58.8 Å². The highest BCUT2D eigenvalue weighted by molar-refractivity contribution is 9.10. The van der Waals surface area contributed by atoms with Crippen molar-refractivity contribution in [2.45, 2.75) is 6.92 Å². The van der Waals surface area contributed by atoms with E-state index in [0.717, 1.165) is 27.0 Å². The zero-order chi connectivity index (χ0) is 17.4. The van der Waals surface area contributed by atoms with Crippen molar-refractivity contribution in [3.05, 3.63) is 69.2 Å². The number of hydrogen-bond donors (Lipinski definition) is 1. The second-order valence-electron chi connectivity index (χ2n) is 5.57. The second kappa shape index (κ2) is 6.42. The van der Waals surface area contributed by atoms with Gasteiger partial charge in [0.25, 0.3) is 5.91 Å². The SMILES string of the molecule is Cc1ccc(-c2cn3cccnc3n2)cc1NC(=O)c1cc(Br)cs1. The molecule has 0 aliphatic rings. The number of carbonyl (C=O) groups excluding carboxylic acids is 1. The lowest BCUT2D eigenvalue weighted by atomic mass is 10.1. The predicted molar refractivity (Wildman–Crippen MR) is 103 cm³/mol. The van der Waals surface area contributed by atoms with Crippen LogP contribution >= 0.6 is 27.3 Å². The zero-order valence-electron chi connectivity index (χ0n) is 13.2. The molecule has 0 fully saturated rings. The van der Waals surface area contributed by atoms with Gasteiger partial charge in [-0.05, 0) is 46.6 Å². The third kappa shape index (κ3) is 3.20. The molecule has 1 aromatic carbocycles. The Morgan fingerprint density at radius 1 is 1.32 bits per heavy atom. The first-order valence-electron chi connectivity index (χ1n) is 7.56. The van der Waals surface area contributed by atoms with Gasteiger partial charge in [0.15, 0.2) is 0 Å². The van der Waals surface area contributed by atoms with E-state index in [1.54, 1.807) is 6.20 Å². The number of thiophene rings is 1. The van der Waals surface area contributed by atoms with E-state index in [4.69, 9.17) is 0 Å². The third-order valence-corrected chi connectivity index (χ3v) is 5.50. The number of fused-ring (bicyclic) bond motifs is 1. The predicted octanol–water partition coefficient (Wildman–Crippen LogP) is 4.78. The maximum Gasteiger partial charge on any atom is 0.265 e. The molecule has 4 rings (SSSR count). The molecule has 0 spiro atoms. The van der Waals surface area contributed by atoms with E-state index >= 15 is 0 Å². The summed E-state index contributed by atoms with van der Waals surface area (Å²) in [7, 11) is 0. The molecule has 0 saturated heterocycles. The van der Waals surface area contributed by atoms with Gasteiger partial charge in [0, 0.05) is 39.7 Å². The Bertz CT molecular complexity index is 1050. The molecule has 3 heterocycles. The lowest BCUT2D eigenvalue weighted by molar-refractivity contribution is 0.103. The van der Waals surface area contributed by atoms with Gasteiger partial charge >= 0.3 is 0 Å². The molecule has 1 N–H and O–H groups in total. The summed E-state index contributed by atoms with van der Waals surface area (Å²) < 4.78 is 2.78. The van der Waals surface area contributed by atoms with Crippen LogP contribution in [0, 0.1) is 6.92 Å². The summed E-state index contributed by atoms with van der Waals surface area (Å²) in [4.78, 5) is 21.8. The highest BCUT2D eigenvalue weighted by atomic mass is 79.9. The van der Waals surface area contributed by atoms with Crippen molar-refractivity contribution < 1.29 is 4.79 Å². The Morgan fingerprint density at radius 3 is 2.96 bits per heavy atom. The number of rotatable bonds is 3. The molecule has 25 heavy (non-hydrogen) atoms. The van der Waals surface area contributed by atoms with Crippen molar-refractivity contribution in [2.75, 3.05) is 5.32 Å². The van der Waals surface area contributed by atoms with Crippen molar-refractivity contribution in [3.63, 3.8) is 0 Å². The van der Waals surface area contributed by atoms with Crippen LogP contribution in [0.25, 0.3) is 17.0 Å². The van der Waals surface area contributed by atoms with Gasteiger partial charge in [-0.1, -0.05) is 12.1 Å². The van der Waals surface area contributed by atoms with E-state index in [1.807, 2.05) is 59.4 Å². The van der Waals surface area contributed by atoms with Gasteiger partial charge in [-0.15, -0.1) is 11.3 Å². The quantitative estimate of drug-likeness (QED) is 0.526. The Morgan fingerprint density at radius 2 is 2.20 bits per heavy atom. The number of aryl methyl sites for hydroxylation is 1. The first kappa shape index (κ1) is 16.0. The minimum atomic E-state index is -0.118. The zero-order valence-corrected chi connectivity index (χ0v) is 15.6. The molecular formula is C18H13BrN4OS. The normalized spacial score (nSPS) is 11.0. The van der Waals surface area contributed by atoms with Gasteiger partial charge in [-0.2, -0.15) is 0 Å². The van der Waals surface area contributed by atoms with Gasteiger partial charge < -0.3 is 5.32 Å². The molecule has 7 heteroatoms. The average Bonchev–Trinajstić information content (AvgIpc) is 3.23. The van der Waals surface area contributed by atoms with Crippen LogP contribution in [0.4, 0.5) is 5.69 Å². The molecule has 0 radical (unpaired) electrons. The van der Waals surface area contributed by atoms with Gasteiger partial charge in [0.2, 0.25) is 5.78 Å². The summed E-state index contributed by atoms with van der Waals surface area (Å²) >= 11 is 4.78. The first-order chi connectivity index (χ1) is 12.1. The summed E-state index contributed by atoms with van der Waals surface area (Å²) in [6.45, 7) is 1.97. The molecule has 4 aromatic rings. The van der Waals surface area contributed by atoms with Gasteiger partial charge in [0.1, 0.15) is 0 Å². The lowest BCUT2D eigenvalue weighted by Crippen LogP contribution is -2.11. The number of aromatic nitrogens is 3. The first-order valence-corrected chi connectivity index (χ1v) is 9.23. The molecular weight excluding hydrogens is 400 g/mol. The molecule has 124 valence electrons. The molecule has 0 atom stereocenters. The van der Waals surface area contributed by atoms with E-state index in [9.17, 15) is 4.79 Å². The van der Waals surface area contributed by atoms with E-state index < -0.39 is 0 Å². The van der Waals surface area contributed by atoms with Crippen LogP contribution < -0.4 is 5.32 Å². The topological polar surface area (TPSA) is 59.3 Å². The molecule has 0 aliphatic heterocycles. The number of halogens is 1. The molecule has 0 bridgehead atoms. The summed E-state index contributed by atoms with van der Waals surface area (Å²) in [6, 6.07) is 9.59. The Kier molecular flexibility index (Phi) is 4.10. The molecule has 3 aromatic heterocycles. The molecule has 0 unspecified atom stereocenters. The number of hydrogen-bond acceptors (Lipinski definition) is 4. The minimum absolute atomic E-state index is 0.118. The monoisotopic (exact) mass is 412 g/mol. The number of anilines is 1. The van der Waals surface area contributed by atoms with Crippen molar-refractivity contribution in [3.8, 4) is 11.3 Å². The fourth-order valence-corrected chi connectivity index (χ4v) is 3.82. The number of carbonyl (C=O) groups is 1. The highest BCUT2D eigenvalue weighted by Crippen LogP contribution is 2.26. The Hall–Kier alpha value is -2.51. The number of benzene rings is 1. The van der Waals surface area contributed by atoms with Crippen molar-refractivity contribution >= 4 is 44.6 Å². The Labute approximate surface area is 156 Å². The maximum absolute atomic E-state index is 12.4. The molecule has 0 saturated carbocycles. The summed E-state index contributed by atoms with van der Waals surface area (Å²) in [5.41, 5.74) is 3.51. The van der Waals surface area contributed by atoms with Crippen LogP contribution in [0.5, 0.6) is 0 Å². The number of nitrogens with one attached hydrogen (secondary N) is 1. The minimum Gasteiger partial charge on any atom is -0.321 e. The van der Waals surface area contributed by atoms with Crippen LogP contribution in [-0.4, -0.2) is 20.3 Å². The van der Waals surface area contributed by atoms with E-state index in [2.05, 4.69) is 31.2 Å². The van der Waals surface area contributed by atoms with Crippen molar-refractivity contribution in [1.82, 2.24) is 14.4 Å². The third-order valence-electron chi connectivity index (χ3n) is 3.81. The average molecular weight is 413 g/mol. The largest absolute Gasteiger partial charge is 0.321 e.